The Bertz CT molecular complexity index is 1220. The average Bonchev–Trinajstić information content (AvgIpc) is 3.14. The number of rotatable bonds is 5. The van der Waals surface area contributed by atoms with Crippen molar-refractivity contribution in [3.8, 4) is 11.4 Å². The topological polar surface area (TPSA) is 61.6 Å². The largest absolute Gasteiger partial charge is 0.396 e. The molecule has 3 saturated heterocycles. The van der Waals surface area contributed by atoms with Crippen molar-refractivity contribution in [3.05, 3.63) is 58.4 Å². The zero-order chi connectivity index (χ0) is 23.2. The lowest BCUT2D eigenvalue weighted by Gasteiger charge is -2.33. The second-order valence-electron chi connectivity index (χ2n) is 10.5. The summed E-state index contributed by atoms with van der Waals surface area (Å²) in [6.45, 7) is 10.8. The fourth-order valence-electron chi connectivity index (χ4n) is 5.24. The standard InChI is InChI=1S/C27H34N4O2/c1-19-5-4-6-20(15-19)25-28-24-8-7-22(30-14-13-29-11-9-21(30)10-12-29)16-23(24)26(33)31(25)17-27(2,3)18-32/h4-8,15-16,21,32H,9-14,17-18H2,1-3H3. The highest BCUT2D eigenvalue weighted by molar-refractivity contribution is 5.83. The first-order valence-corrected chi connectivity index (χ1v) is 12.1. The second-order valence-corrected chi connectivity index (χ2v) is 10.5. The monoisotopic (exact) mass is 446 g/mol. The van der Waals surface area contributed by atoms with Crippen molar-refractivity contribution in [2.45, 2.75) is 46.2 Å². The van der Waals surface area contributed by atoms with E-state index in [0.717, 1.165) is 35.4 Å². The molecule has 0 saturated carbocycles. The summed E-state index contributed by atoms with van der Waals surface area (Å²) in [5, 5.41) is 10.6. The number of aliphatic hydroxyl groups is 1. The molecule has 33 heavy (non-hydrogen) atoms. The molecule has 6 nitrogen and oxygen atoms in total. The van der Waals surface area contributed by atoms with Gasteiger partial charge in [-0.15, -0.1) is 0 Å². The molecule has 2 aromatic carbocycles. The molecule has 1 aromatic heterocycles. The van der Waals surface area contributed by atoms with Gasteiger partial charge in [-0.25, -0.2) is 4.98 Å². The number of anilines is 1. The van der Waals surface area contributed by atoms with Crippen LogP contribution < -0.4 is 10.5 Å². The quantitative estimate of drug-likeness (QED) is 0.648. The first-order chi connectivity index (χ1) is 15.8. The fraction of sp³-hybridized carbons (Fsp3) is 0.481. The van der Waals surface area contributed by atoms with Gasteiger partial charge in [-0.05, 0) is 44.0 Å². The van der Waals surface area contributed by atoms with Crippen molar-refractivity contribution < 1.29 is 5.11 Å². The molecule has 174 valence electrons. The summed E-state index contributed by atoms with van der Waals surface area (Å²) in [4.78, 5) is 23.9. The molecule has 0 atom stereocenters. The van der Waals surface area contributed by atoms with E-state index in [2.05, 4.69) is 21.9 Å². The van der Waals surface area contributed by atoms with Crippen molar-refractivity contribution in [3.63, 3.8) is 0 Å². The van der Waals surface area contributed by atoms with Crippen LogP contribution in [0.3, 0.4) is 0 Å². The van der Waals surface area contributed by atoms with Gasteiger partial charge in [0, 0.05) is 62.0 Å². The van der Waals surface area contributed by atoms with E-state index in [1.165, 1.54) is 25.9 Å². The maximum absolute atomic E-state index is 13.9. The lowest BCUT2D eigenvalue weighted by Crippen LogP contribution is -2.38. The third-order valence-electron chi connectivity index (χ3n) is 7.21. The summed E-state index contributed by atoms with van der Waals surface area (Å²) in [6.07, 6.45) is 2.36. The Labute approximate surface area is 195 Å². The molecule has 0 amide bonds. The van der Waals surface area contributed by atoms with Gasteiger partial charge in [0.2, 0.25) is 0 Å². The van der Waals surface area contributed by atoms with Crippen LogP contribution in [0.5, 0.6) is 0 Å². The number of aryl methyl sites for hydroxylation is 1. The van der Waals surface area contributed by atoms with Gasteiger partial charge in [0.1, 0.15) is 5.82 Å². The Morgan fingerprint density at radius 2 is 1.85 bits per heavy atom. The minimum atomic E-state index is -0.437. The van der Waals surface area contributed by atoms with Gasteiger partial charge >= 0.3 is 0 Å². The van der Waals surface area contributed by atoms with Gasteiger partial charge in [-0.2, -0.15) is 0 Å². The molecule has 3 aromatic rings. The average molecular weight is 447 g/mol. The van der Waals surface area contributed by atoms with Crippen molar-refractivity contribution >= 4 is 16.6 Å². The molecule has 3 fully saturated rings. The molecular weight excluding hydrogens is 412 g/mol. The molecule has 2 bridgehead atoms. The Balaban J connectivity index is 1.65. The SMILES string of the molecule is Cc1cccc(-c2nc3ccc(N4CCN5CCC4CC5)cc3c(=O)n2CC(C)(C)CO)c1. The predicted octanol–water partition coefficient (Wildman–Crippen LogP) is 3.67. The highest BCUT2D eigenvalue weighted by atomic mass is 16.3. The molecule has 6 rings (SSSR count). The van der Waals surface area contributed by atoms with E-state index in [9.17, 15) is 9.90 Å². The Hall–Kier alpha value is -2.70. The van der Waals surface area contributed by atoms with Gasteiger partial charge in [0.15, 0.2) is 0 Å². The summed E-state index contributed by atoms with van der Waals surface area (Å²) >= 11 is 0. The molecule has 3 aliphatic heterocycles. The van der Waals surface area contributed by atoms with Crippen LogP contribution in [-0.4, -0.2) is 58.4 Å². The number of aliphatic hydroxyl groups excluding tert-OH is 1. The van der Waals surface area contributed by atoms with E-state index in [4.69, 9.17) is 4.98 Å². The van der Waals surface area contributed by atoms with Crippen LogP contribution in [0.1, 0.15) is 32.3 Å². The summed E-state index contributed by atoms with van der Waals surface area (Å²) in [6, 6.07) is 14.8. The van der Waals surface area contributed by atoms with Gasteiger partial charge in [0.05, 0.1) is 10.9 Å². The van der Waals surface area contributed by atoms with Crippen LogP contribution in [0, 0.1) is 12.3 Å². The zero-order valence-corrected chi connectivity index (χ0v) is 19.9. The molecule has 0 unspecified atom stereocenters. The third-order valence-corrected chi connectivity index (χ3v) is 7.21. The van der Waals surface area contributed by atoms with Crippen molar-refractivity contribution in [1.82, 2.24) is 14.5 Å². The molecular formula is C27H34N4O2. The number of benzene rings is 2. The summed E-state index contributed by atoms with van der Waals surface area (Å²) in [5.74, 6) is 0.659. The second kappa shape index (κ2) is 8.58. The van der Waals surface area contributed by atoms with Crippen molar-refractivity contribution in [2.75, 3.05) is 37.7 Å². The molecule has 1 N–H and O–H groups in total. The van der Waals surface area contributed by atoms with Gasteiger partial charge in [-0.3, -0.25) is 9.36 Å². The highest BCUT2D eigenvalue weighted by Crippen LogP contribution is 2.30. The van der Waals surface area contributed by atoms with E-state index in [1.807, 2.05) is 51.1 Å². The summed E-state index contributed by atoms with van der Waals surface area (Å²) < 4.78 is 1.76. The smallest absolute Gasteiger partial charge is 0.261 e. The van der Waals surface area contributed by atoms with Gasteiger partial charge in [-0.1, -0.05) is 37.6 Å². The lowest BCUT2D eigenvalue weighted by atomic mass is 9.94. The minimum Gasteiger partial charge on any atom is -0.396 e. The molecule has 0 radical (unpaired) electrons. The van der Waals surface area contributed by atoms with Crippen LogP contribution in [0.4, 0.5) is 5.69 Å². The van der Waals surface area contributed by atoms with Crippen molar-refractivity contribution in [1.29, 1.82) is 0 Å². The number of hydrogen-bond acceptors (Lipinski definition) is 5. The molecule has 4 heterocycles. The zero-order valence-electron chi connectivity index (χ0n) is 19.9. The van der Waals surface area contributed by atoms with E-state index >= 15 is 0 Å². The summed E-state index contributed by atoms with van der Waals surface area (Å²) in [7, 11) is 0. The highest BCUT2D eigenvalue weighted by Gasteiger charge is 2.29. The maximum atomic E-state index is 13.9. The number of fused-ring (bicyclic) bond motifs is 5. The third kappa shape index (κ3) is 4.30. The number of hydrogen-bond donors (Lipinski definition) is 1. The molecule has 0 spiro atoms. The first kappa shape index (κ1) is 22.1. The van der Waals surface area contributed by atoms with Crippen LogP contribution >= 0.6 is 0 Å². The van der Waals surface area contributed by atoms with E-state index in [1.54, 1.807) is 4.57 Å². The number of aromatic nitrogens is 2. The Morgan fingerprint density at radius 3 is 2.58 bits per heavy atom. The Morgan fingerprint density at radius 1 is 1.06 bits per heavy atom. The van der Waals surface area contributed by atoms with E-state index < -0.39 is 5.41 Å². The number of piperidine rings is 1. The lowest BCUT2D eigenvalue weighted by molar-refractivity contribution is 0.140. The normalized spacial score (nSPS) is 20.9. The van der Waals surface area contributed by atoms with Crippen LogP contribution in [0.15, 0.2) is 47.3 Å². The first-order valence-electron chi connectivity index (χ1n) is 12.1. The van der Waals surface area contributed by atoms with Crippen molar-refractivity contribution in [2.24, 2.45) is 5.41 Å². The van der Waals surface area contributed by atoms with Crippen LogP contribution in [0.2, 0.25) is 0 Å². The van der Waals surface area contributed by atoms with Crippen LogP contribution in [0.25, 0.3) is 22.3 Å². The number of nitrogens with zero attached hydrogens (tertiary/aromatic N) is 4. The van der Waals surface area contributed by atoms with Crippen LogP contribution in [-0.2, 0) is 6.54 Å². The summed E-state index contributed by atoms with van der Waals surface area (Å²) in [5.41, 5.74) is 3.41. The van der Waals surface area contributed by atoms with E-state index in [0.29, 0.717) is 23.8 Å². The van der Waals surface area contributed by atoms with Gasteiger partial charge < -0.3 is 14.9 Å². The maximum Gasteiger partial charge on any atom is 0.261 e. The van der Waals surface area contributed by atoms with Gasteiger partial charge in [0.25, 0.3) is 5.56 Å². The van der Waals surface area contributed by atoms with E-state index in [-0.39, 0.29) is 12.2 Å². The minimum absolute atomic E-state index is 0.00324. The fourth-order valence-corrected chi connectivity index (χ4v) is 5.24. The molecule has 6 heteroatoms. The molecule has 3 aliphatic rings. The Kier molecular flexibility index (Phi) is 5.75. The molecule has 0 aliphatic carbocycles. The predicted molar refractivity (Wildman–Crippen MR) is 134 cm³/mol.